The average Bonchev–Trinajstić information content (AvgIpc) is 3.24. The minimum atomic E-state index is 0.0174. The van der Waals surface area contributed by atoms with Gasteiger partial charge in [0.2, 0.25) is 5.78 Å². The van der Waals surface area contributed by atoms with Gasteiger partial charge in [-0.25, -0.2) is 0 Å². The molecule has 138 valence electrons. The molecule has 1 heterocycles. The van der Waals surface area contributed by atoms with E-state index in [9.17, 15) is 4.79 Å². The summed E-state index contributed by atoms with van der Waals surface area (Å²) in [6.07, 6.45) is 3.16. The van der Waals surface area contributed by atoms with Crippen molar-refractivity contribution in [3.8, 4) is 5.75 Å². The standard InChI is InChI=1S/C23H24N2O2/c1-15-4-5-16-6-7-17(13-20(15)16)23(26)22-14-18-12-19(8-9-21(18)24-22)27-11-10-25(2)3/h4,6-9,12-14,24H,5,10-11H2,1-3H3. The van der Waals surface area contributed by atoms with E-state index < -0.39 is 0 Å². The summed E-state index contributed by atoms with van der Waals surface area (Å²) in [5.41, 5.74) is 5.99. The number of benzene rings is 2. The molecule has 1 N–H and O–H groups in total. The van der Waals surface area contributed by atoms with Crippen LogP contribution in [-0.4, -0.2) is 42.9 Å². The van der Waals surface area contributed by atoms with Crippen LogP contribution in [0.25, 0.3) is 16.5 Å². The van der Waals surface area contributed by atoms with Crippen LogP contribution in [0.3, 0.4) is 0 Å². The quantitative estimate of drug-likeness (QED) is 0.667. The van der Waals surface area contributed by atoms with E-state index in [2.05, 4.69) is 29.0 Å². The van der Waals surface area contributed by atoms with Crippen LogP contribution < -0.4 is 4.74 Å². The van der Waals surface area contributed by atoms with Gasteiger partial charge < -0.3 is 14.6 Å². The third-order valence-corrected chi connectivity index (χ3v) is 5.07. The van der Waals surface area contributed by atoms with Crippen LogP contribution in [0.5, 0.6) is 5.75 Å². The molecule has 0 saturated heterocycles. The Labute approximate surface area is 159 Å². The number of carbonyl (C=O) groups excluding carboxylic acids is 1. The van der Waals surface area contributed by atoms with Gasteiger partial charge in [0.05, 0.1) is 5.69 Å². The van der Waals surface area contributed by atoms with E-state index in [0.717, 1.165) is 35.2 Å². The molecular formula is C23H24N2O2. The third kappa shape index (κ3) is 3.53. The van der Waals surface area contributed by atoms with Gasteiger partial charge in [0.1, 0.15) is 12.4 Å². The fourth-order valence-corrected chi connectivity index (χ4v) is 3.46. The van der Waals surface area contributed by atoms with Gasteiger partial charge in [0.15, 0.2) is 0 Å². The lowest BCUT2D eigenvalue weighted by Crippen LogP contribution is -2.19. The topological polar surface area (TPSA) is 45.3 Å². The number of carbonyl (C=O) groups is 1. The fourth-order valence-electron chi connectivity index (χ4n) is 3.46. The minimum absolute atomic E-state index is 0.0174. The summed E-state index contributed by atoms with van der Waals surface area (Å²) in [4.78, 5) is 18.3. The lowest BCUT2D eigenvalue weighted by Gasteiger charge is -2.10. The molecule has 4 heteroatoms. The molecule has 2 aromatic carbocycles. The maximum absolute atomic E-state index is 13.0. The highest BCUT2D eigenvalue weighted by atomic mass is 16.5. The first-order valence-electron chi connectivity index (χ1n) is 9.26. The Kier molecular flexibility index (Phi) is 4.58. The predicted molar refractivity (Wildman–Crippen MR) is 110 cm³/mol. The molecule has 0 atom stereocenters. The van der Waals surface area contributed by atoms with Gasteiger partial charge in [-0.2, -0.15) is 0 Å². The molecule has 3 aromatic rings. The maximum atomic E-state index is 13.0. The summed E-state index contributed by atoms with van der Waals surface area (Å²) in [7, 11) is 4.04. The molecule has 0 unspecified atom stereocenters. The van der Waals surface area contributed by atoms with Crippen molar-refractivity contribution in [1.82, 2.24) is 9.88 Å². The van der Waals surface area contributed by atoms with Crippen molar-refractivity contribution in [3.05, 3.63) is 70.9 Å². The van der Waals surface area contributed by atoms with Crippen molar-refractivity contribution in [1.29, 1.82) is 0 Å². The number of aromatic nitrogens is 1. The first kappa shape index (κ1) is 17.6. The molecule has 0 fully saturated rings. The van der Waals surface area contributed by atoms with Crippen LogP contribution >= 0.6 is 0 Å². The Morgan fingerprint density at radius 1 is 1.15 bits per heavy atom. The van der Waals surface area contributed by atoms with E-state index in [1.165, 1.54) is 16.7 Å². The van der Waals surface area contributed by atoms with E-state index in [1.807, 2.05) is 50.5 Å². The molecule has 0 saturated carbocycles. The Morgan fingerprint density at radius 3 is 2.81 bits per heavy atom. The second-order valence-electron chi connectivity index (χ2n) is 7.38. The zero-order valence-electron chi connectivity index (χ0n) is 16.0. The number of aromatic amines is 1. The lowest BCUT2D eigenvalue weighted by atomic mass is 10.00. The summed E-state index contributed by atoms with van der Waals surface area (Å²) in [5.74, 6) is 0.837. The molecule has 0 amide bonds. The summed E-state index contributed by atoms with van der Waals surface area (Å²) in [5, 5.41) is 0.984. The van der Waals surface area contributed by atoms with Crippen LogP contribution in [0.4, 0.5) is 0 Å². The van der Waals surface area contributed by atoms with Gasteiger partial charge >= 0.3 is 0 Å². The number of ether oxygens (including phenoxy) is 1. The van der Waals surface area contributed by atoms with Gasteiger partial charge in [-0.15, -0.1) is 0 Å². The molecule has 0 bridgehead atoms. The lowest BCUT2D eigenvalue weighted by molar-refractivity contribution is 0.103. The number of hydrogen-bond donors (Lipinski definition) is 1. The number of hydrogen-bond acceptors (Lipinski definition) is 3. The molecular weight excluding hydrogens is 336 g/mol. The Morgan fingerprint density at radius 2 is 2.00 bits per heavy atom. The molecule has 4 nitrogen and oxygen atoms in total. The SMILES string of the molecule is CC1=CCc2ccc(C(=O)c3cc4cc(OCCN(C)C)ccc4[nH]3)cc21. The van der Waals surface area contributed by atoms with Gasteiger partial charge in [-0.3, -0.25) is 4.79 Å². The molecule has 0 spiro atoms. The Hall–Kier alpha value is -2.85. The Bertz CT molecular complexity index is 1040. The normalized spacial score (nSPS) is 13.1. The smallest absolute Gasteiger partial charge is 0.209 e. The molecule has 1 aliphatic carbocycles. The van der Waals surface area contributed by atoms with Crippen molar-refractivity contribution in [2.45, 2.75) is 13.3 Å². The fraction of sp³-hybridized carbons (Fsp3) is 0.261. The molecule has 0 aliphatic heterocycles. The molecule has 1 aromatic heterocycles. The second kappa shape index (κ2) is 7.05. The van der Waals surface area contributed by atoms with E-state index in [-0.39, 0.29) is 5.78 Å². The number of H-pyrrole nitrogens is 1. The first-order chi connectivity index (χ1) is 13.0. The van der Waals surface area contributed by atoms with Gasteiger partial charge in [0.25, 0.3) is 0 Å². The predicted octanol–water partition coefficient (Wildman–Crippen LogP) is 4.30. The zero-order valence-corrected chi connectivity index (χ0v) is 16.0. The summed E-state index contributed by atoms with van der Waals surface area (Å²) < 4.78 is 5.79. The number of fused-ring (bicyclic) bond motifs is 2. The van der Waals surface area contributed by atoms with Crippen LogP contribution in [0, 0.1) is 0 Å². The largest absolute Gasteiger partial charge is 0.492 e. The molecule has 27 heavy (non-hydrogen) atoms. The van der Waals surface area contributed by atoms with E-state index in [1.54, 1.807) is 0 Å². The highest BCUT2D eigenvalue weighted by molar-refractivity contribution is 6.10. The second-order valence-corrected chi connectivity index (χ2v) is 7.38. The third-order valence-electron chi connectivity index (χ3n) is 5.07. The van der Waals surface area contributed by atoms with Crippen LogP contribution in [0.2, 0.25) is 0 Å². The van der Waals surface area contributed by atoms with Crippen molar-refractivity contribution >= 4 is 22.3 Å². The summed E-state index contributed by atoms with van der Waals surface area (Å²) in [6, 6.07) is 13.8. The van der Waals surface area contributed by atoms with Crippen molar-refractivity contribution in [2.75, 3.05) is 27.2 Å². The number of likely N-dealkylation sites (N-methyl/N-ethyl adjacent to an activating group) is 1. The molecule has 0 radical (unpaired) electrons. The summed E-state index contributed by atoms with van der Waals surface area (Å²) >= 11 is 0. The maximum Gasteiger partial charge on any atom is 0.209 e. The van der Waals surface area contributed by atoms with Gasteiger partial charge in [-0.05, 0) is 74.5 Å². The van der Waals surface area contributed by atoms with Crippen LogP contribution in [0.15, 0.2) is 48.5 Å². The molecule has 4 rings (SSSR count). The molecule has 1 aliphatic rings. The van der Waals surface area contributed by atoms with E-state index in [0.29, 0.717) is 12.3 Å². The van der Waals surface area contributed by atoms with Crippen molar-refractivity contribution in [3.63, 3.8) is 0 Å². The number of nitrogens with one attached hydrogen (secondary N) is 1. The van der Waals surface area contributed by atoms with Gasteiger partial charge in [0, 0.05) is 23.0 Å². The van der Waals surface area contributed by atoms with Crippen LogP contribution in [0.1, 0.15) is 34.1 Å². The number of nitrogens with zero attached hydrogens (tertiary/aromatic N) is 1. The zero-order chi connectivity index (χ0) is 19.0. The highest BCUT2D eigenvalue weighted by Gasteiger charge is 2.17. The number of ketones is 1. The van der Waals surface area contributed by atoms with E-state index >= 15 is 0 Å². The monoisotopic (exact) mass is 360 g/mol. The minimum Gasteiger partial charge on any atom is -0.492 e. The van der Waals surface area contributed by atoms with Crippen molar-refractivity contribution < 1.29 is 9.53 Å². The highest BCUT2D eigenvalue weighted by Crippen LogP contribution is 2.29. The van der Waals surface area contributed by atoms with E-state index in [4.69, 9.17) is 4.74 Å². The first-order valence-corrected chi connectivity index (χ1v) is 9.26. The average molecular weight is 360 g/mol. The van der Waals surface area contributed by atoms with Crippen LogP contribution in [-0.2, 0) is 6.42 Å². The van der Waals surface area contributed by atoms with Crippen molar-refractivity contribution in [2.24, 2.45) is 0 Å². The Balaban J connectivity index is 1.57. The summed E-state index contributed by atoms with van der Waals surface area (Å²) in [6.45, 7) is 3.60. The number of rotatable bonds is 6. The van der Waals surface area contributed by atoms with Gasteiger partial charge in [-0.1, -0.05) is 18.2 Å². The number of allylic oxidation sites excluding steroid dienone is 2.